The number of aromatic nitrogens is 4. The van der Waals surface area contributed by atoms with Crippen LogP contribution in [0.15, 0.2) is 24.8 Å². The molecule has 1 atom stereocenters. The molecule has 19 heavy (non-hydrogen) atoms. The van der Waals surface area contributed by atoms with Crippen molar-refractivity contribution in [3.63, 3.8) is 0 Å². The van der Waals surface area contributed by atoms with E-state index in [2.05, 4.69) is 25.3 Å². The van der Waals surface area contributed by atoms with Gasteiger partial charge in [0.15, 0.2) is 5.82 Å². The van der Waals surface area contributed by atoms with Crippen molar-refractivity contribution in [3.05, 3.63) is 30.5 Å². The Balaban J connectivity index is 0.000000902. The maximum atomic E-state index is 4.45. The van der Waals surface area contributed by atoms with E-state index < -0.39 is 0 Å². The first-order chi connectivity index (χ1) is 8.43. The topological polar surface area (TPSA) is 66.5 Å². The van der Waals surface area contributed by atoms with Crippen LogP contribution < -0.4 is 5.32 Å². The molecule has 3 heterocycles. The highest BCUT2D eigenvalue weighted by Crippen LogP contribution is 2.20. The number of imidazole rings is 1. The number of halogens is 2. The summed E-state index contributed by atoms with van der Waals surface area (Å²) in [6.45, 7) is 2.19. The molecule has 1 aliphatic rings. The van der Waals surface area contributed by atoms with E-state index >= 15 is 0 Å². The quantitative estimate of drug-likeness (QED) is 0.908. The van der Waals surface area contributed by atoms with Crippen LogP contribution in [0.4, 0.5) is 0 Å². The lowest BCUT2D eigenvalue weighted by Crippen LogP contribution is -2.12. The highest BCUT2D eigenvalue weighted by Gasteiger charge is 2.18. The number of hydrogen-bond acceptors (Lipinski definition) is 4. The molecule has 1 saturated heterocycles. The fourth-order valence-corrected chi connectivity index (χ4v) is 2.27. The first-order valence-corrected chi connectivity index (χ1v) is 5.94. The van der Waals surface area contributed by atoms with Crippen molar-refractivity contribution >= 4 is 24.8 Å². The summed E-state index contributed by atoms with van der Waals surface area (Å²) in [5.41, 5.74) is 1.92. The van der Waals surface area contributed by atoms with E-state index in [1.807, 2.05) is 6.20 Å². The number of rotatable bonds is 3. The summed E-state index contributed by atoms with van der Waals surface area (Å²) in [7, 11) is 0. The van der Waals surface area contributed by atoms with E-state index in [1.54, 1.807) is 18.6 Å². The van der Waals surface area contributed by atoms with E-state index in [0.717, 1.165) is 36.7 Å². The molecule has 1 unspecified atom stereocenters. The van der Waals surface area contributed by atoms with Gasteiger partial charge >= 0.3 is 0 Å². The van der Waals surface area contributed by atoms with E-state index in [1.165, 1.54) is 6.42 Å². The fraction of sp³-hybridized carbons (Fsp3) is 0.417. The molecule has 0 saturated carbocycles. The third kappa shape index (κ3) is 3.65. The summed E-state index contributed by atoms with van der Waals surface area (Å²) in [5.74, 6) is 1.47. The molecule has 0 radical (unpaired) electrons. The Morgan fingerprint density at radius 3 is 2.63 bits per heavy atom. The lowest BCUT2D eigenvalue weighted by Gasteiger charge is -2.09. The second-order valence-electron chi connectivity index (χ2n) is 4.35. The maximum absolute atomic E-state index is 4.45. The van der Waals surface area contributed by atoms with E-state index in [-0.39, 0.29) is 24.8 Å². The standard InChI is InChI=1S/C12H15N5.2ClH/c1-2-13-8-9(1)7-10-11(15-4-3-14-10)12-16-5-6-17-12;;/h3-6,9,13H,1-2,7-8H2,(H,16,17);2*1H. The van der Waals surface area contributed by atoms with Crippen LogP contribution >= 0.6 is 24.8 Å². The molecule has 5 nitrogen and oxygen atoms in total. The Bertz CT molecular complexity index is 483. The molecule has 0 aromatic carbocycles. The van der Waals surface area contributed by atoms with Gasteiger partial charge in [-0.05, 0) is 31.8 Å². The van der Waals surface area contributed by atoms with Crippen molar-refractivity contribution in [2.45, 2.75) is 12.8 Å². The minimum Gasteiger partial charge on any atom is -0.343 e. The fourth-order valence-electron chi connectivity index (χ4n) is 2.27. The molecule has 7 heteroatoms. The Kier molecular flexibility index (Phi) is 6.21. The van der Waals surface area contributed by atoms with E-state index in [0.29, 0.717) is 5.92 Å². The van der Waals surface area contributed by atoms with Crippen LogP contribution in [-0.2, 0) is 6.42 Å². The van der Waals surface area contributed by atoms with Crippen molar-refractivity contribution in [2.24, 2.45) is 5.92 Å². The highest BCUT2D eigenvalue weighted by atomic mass is 35.5. The van der Waals surface area contributed by atoms with Crippen LogP contribution in [-0.4, -0.2) is 33.0 Å². The average molecular weight is 302 g/mol. The van der Waals surface area contributed by atoms with Gasteiger partial charge in [-0.15, -0.1) is 24.8 Å². The number of hydrogen-bond donors (Lipinski definition) is 2. The monoisotopic (exact) mass is 301 g/mol. The smallest absolute Gasteiger partial charge is 0.157 e. The summed E-state index contributed by atoms with van der Waals surface area (Å²) in [5, 5.41) is 3.38. The number of nitrogens with one attached hydrogen (secondary N) is 2. The third-order valence-corrected chi connectivity index (χ3v) is 3.14. The zero-order chi connectivity index (χ0) is 11.5. The van der Waals surface area contributed by atoms with Gasteiger partial charge in [-0.1, -0.05) is 0 Å². The van der Waals surface area contributed by atoms with Gasteiger partial charge in [-0.2, -0.15) is 0 Å². The van der Waals surface area contributed by atoms with Crippen LogP contribution in [0.2, 0.25) is 0 Å². The van der Waals surface area contributed by atoms with Gasteiger partial charge in [0, 0.05) is 24.8 Å². The van der Waals surface area contributed by atoms with Gasteiger partial charge in [0.2, 0.25) is 0 Å². The van der Waals surface area contributed by atoms with Crippen LogP contribution in [0.25, 0.3) is 11.5 Å². The minimum absolute atomic E-state index is 0. The largest absolute Gasteiger partial charge is 0.343 e. The zero-order valence-electron chi connectivity index (χ0n) is 10.4. The predicted octanol–water partition coefficient (Wildman–Crippen LogP) is 1.86. The van der Waals surface area contributed by atoms with Crippen LogP contribution in [0.5, 0.6) is 0 Å². The first-order valence-electron chi connectivity index (χ1n) is 5.94. The predicted molar refractivity (Wildman–Crippen MR) is 78.8 cm³/mol. The molecule has 2 N–H and O–H groups in total. The van der Waals surface area contributed by atoms with Crippen LogP contribution in [0.1, 0.15) is 12.1 Å². The van der Waals surface area contributed by atoms with Crippen molar-refractivity contribution in [1.82, 2.24) is 25.3 Å². The van der Waals surface area contributed by atoms with Crippen molar-refractivity contribution in [1.29, 1.82) is 0 Å². The summed E-state index contributed by atoms with van der Waals surface area (Å²) in [6.07, 6.45) is 9.21. The summed E-state index contributed by atoms with van der Waals surface area (Å²) in [6, 6.07) is 0. The lowest BCUT2D eigenvalue weighted by atomic mass is 10.0. The Morgan fingerprint density at radius 2 is 1.95 bits per heavy atom. The molecular formula is C12H17Cl2N5. The first kappa shape index (κ1) is 15.9. The van der Waals surface area contributed by atoms with Gasteiger partial charge in [0.25, 0.3) is 0 Å². The summed E-state index contributed by atoms with van der Waals surface area (Å²) in [4.78, 5) is 16.2. The number of aromatic amines is 1. The van der Waals surface area contributed by atoms with Gasteiger partial charge < -0.3 is 10.3 Å². The SMILES string of the molecule is Cl.Cl.c1c[nH]c(-c2nccnc2CC2CCNC2)n1. The van der Waals surface area contributed by atoms with Gasteiger partial charge in [-0.25, -0.2) is 9.97 Å². The molecule has 104 valence electrons. The Labute approximate surface area is 124 Å². The zero-order valence-corrected chi connectivity index (χ0v) is 12.0. The van der Waals surface area contributed by atoms with Crippen LogP contribution in [0, 0.1) is 5.92 Å². The normalized spacial score (nSPS) is 17.6. The van der Waals surface area contributed by atoms with Crippen molar-refractivity contribution < 1.29 is 0 Å². The van der Waals surface area contributed by atoms with Gasteiger partial charge in [-0.3, -0.25) is 4.98 Å². The van der Waals surface area contributed by atoms with E-state index in [4.69, 9.17) is 0 Å². The second-order valence-corrected chi connectivity index (χ2v) is 4.35. The van der Waals surface area contributed by atoms with Crippen molar-refractivity contribution in [2.75, 3.05) is 13.1 Å². The lowest BCUT2D eigenvalue weighted by molar-refractivity contribution is 0.571. The Hall–Kier alpha value is -1.17. The molecular weight excluding hydrogens is 285 g/mol. The summed E-state index contributed by atoms with van der Waals surface area (Å²) >= 11 is 0. The number of nitrogens with zero attached hydrogens (tertiary/aromatic N) is 3. The molecule has 1 fully saturated rings. The van der Waals surface area contributed by atoms with Crippen molar-refractivity contribution in [3.8, 4) is 11.5 Å². The molecule has 0 amide bonds. The number of H-pyrrole nitrogens is 1. The van der Waals surface area contributed by atoms with Gasteiger partial charge in [0.05, 0.1) is 5.69 Å². The molecule has 0 aliphatic carbocycles. The summed E-state index contributed by atoms with van der Waals surface area (Å²) < 4.78 is 0. The van der Waals surface area contributed by atoms with Gasteiger partial charge in [0.1, 0.15) is 5.69 Å². The van der Waals surface area contributed by atoms with E-state index in [9.17, 15) is 0 Å². The average Bonchev–Trinajstić information content (AvgIpc) is 3.01. The second kappa shape index (κ2) is 7.43. The highest BCUT2D eigenvalue weighted by molar-refractivity contribution is 5.85. The minimum atomic E-state index is 0. The third-order valence-electron chi connectivity index (χ3n) is 3.14. The molecule has 1 aliphatic heterocycles. The molecule has 3 rings (SSSR count). The molecule has 0 bridgehead atoms. The maximum Gasteiger partial charge on any atom is 0.157 e. The van der Waals surface area contributed by atoms with Crippen LogP contribution in [0.3, 0.4) is 0 Å². The molecule has 0 spiro atoms. The molecule has 2 aromatic heterocycles. The Morgan fingerprint density at radius 1 is 1.11 bits per heavy atom. The molecule has 2 aromatic rings.